The summed E-state index contributed by atoms with van der Waals surface area (Å²) in [5.41, 5.74) is 0.734. The number of methoxy groups -OCH3 is 1. The molecular weight excluding hydrogens is 368 g/mol. The number of carbonyl (C=O) groups is 2. The monoisotopic (exact) mass is 388 g/mol. The van der Waals surface area contributed by atoms with Gasteiger partial charge in [0.15, 0.2) is 0 Å². The van der Waals surface area contributed by atoms with E-state index in [9.17, 15) is 9.59 Å². The van der Waals surface area contributed by atoms with Gasteiger partial charge in [0.05, 0.1) is 29.9 Å². The number of rotatable bonds is 5. The van der Waals surface area contributed by atoms with Crippen molar-refractivity contribution in [3.63, 3.8) is 0 Å². The fraction of sp³-hybridized carbons (Fsp3) is 0.316. The smallest absolute Gasteiger partial charge is 0.337 e. The van der Waals surface area contributed by atoms with Crippen LogP contribution in [0.4, 0.5) is 11.5 Å². The Morgan fingerprint density at radius 1 is 1.19 bits per heavy atom. The van der Waals surface area contributed by atoms with Crippen molar-refractivity contribution in [2.24, 2.45) is 0 Å². The number of nitrogens with zero attached hydrogens (tertiary/aromatic N) is 3. The Kier molecular flexibility index (Phi) is 6.26. The SMILES string of the molecule is COC(=O)c1ccc(Cl)c(NC(=O)CN2CCN(c3ccccn3)CC2)c1. The number of piperazine rings is 1. The van der Waals surface area contributed by atoms with Gasteiger partial charge in [0, 0.05) is 32.4 Å². The van der Waals surface area contributed by atoms with Crippen LogP contribution in [0.5, 0.6) is 0 Å². The molecule has 1 amide bonds. The van der Waals surface area contributed by atoms with Crippen molar-refractivity contribution >= 4 is 35.0 Å². The third kappa shape index (κ3) is 4.96. The van der Waals surface area contributed by atoms with E-state index in [1.807, 2.05) is 18.2 Å². The van der Waals surface area contributed by atoms with Gasteiger partial charge in [0.25, 0.3) is 0 Å². The topological polar surface area (TPSA) is 74.8 Å². The number of benzene rings is 1. The number of ether oxygens (including phenoxy) is 1. The number of pyridine rings is 1. The molecule has 3 rings (SSSR count). The summed E-state index contributed by atoms with van der Waals surface area (Å²) in [6.45, 7) is 3.40. The summed E-state index contributed by atoms with van der Waals surface area (Å²) in [4.78, 5) is 32.6. The number of nitrogens with one attached hydrogen (secondary N) is 1. The van der Waals surface area contributed by atoms with Crippen LogP contribution < -0.4 is 10.2 Å². The molecule has 0 unspecified atom stereocenters. The molecule has 142 valence electrons. The molecule has 1 N–H and O–H groups in total. The zero-order chi connectivity index (χ0) is 19.2. The predicted molar refractivity (Wildman–Crippen MR) is 104 cm³/mol. The number of halogens is 1. The second-order valence-corrected chi connectivity index (χ2v) is 6.59. The first kappa shape index (κ1) is 19.1. The Morgan fingerprint density at radius 2 is 1.96 bits per heavy atom. The number of carbonyl (C=O) groups excluding carboxylic acids is 2. The lowest BCUT2D eigenvalue weighted by molar-refractivity contribution is -0.117. The molecule has 1 aromatic carbocycles. The van der Waals surface area contributed by atoms with E-state index in [4.69, 9.17) is 16.3 Å². The van der Waals surface area contributed by atoms with Gasteiger partial charge in [-0.3, -0.25) is 9.69 Å². The highest BCUT2D eigenvalue weighted by Gasteiger charge is 2.20. The lowest BCUT2D eigenvalue weighted by Gasteiger charge is -2.34. The van der Waals surface area contributed by atoms with E-state index in [-0.39, 0.29) is 12.5 Å². The fourth-order valence-electron chi connectivity index (χ4n) is 2.93. The molecule has 1 saturated heterocycles. The number of anilines is 2. The van der Waals surface area contributed by atoms with Crippen molar-refractivity contribution in [3.05, 3.63) is 53.2 Å². The maximum atomic E-state index is 12.4. The summed E-state index contributed by atoms with van der Waals surface area (Å²) in [6.07, 6.45) is 1.78. The second-order valence-electron chi connectivity index (χ2n) is 6.19. The molecule has 2 heterocycles. The highest BCUT2D eigenvalue weighted by Crippen LogP contribution is 2.23. The van der Waals surface area contributed by atoms with Crippen molar-refractivity contribution in [2.75, 3.05) is 50.1 Å². The van der Waals surface area contributed by atoms with Gasteiger partial charge < -0.3 is 15.0 Å². The Morgan fingerprint density at radius 3 is 2.63 bits per heavy atom. The summed E-state index contributed by atoms with van der Waals surface area (Å²) < 4.78 is 4.69. The zero-order valence-electron chi connectivity index (χ0n) is 15.0. The molecule has 2 aromatic rings. The molecule has 7 nitrogen and oxygen atoms in total. The first-order valence-electron chi connectivity index (χ1n) is 8.63. The Bertz CT molecular complexity index is 808. The minimum atomic E-state index is -0.479. The Labute approximate surface area is 162 Å². The molecule has 1 aliphatic rings. The van der Waals surface area contributed by atoms with E-state index < -0.39 is 5.97 Å². The molecule has 0 bridgehead atoms. The molecule has 1 aliphatic heterocycles. The van der Waals surface area contributed by atoms with Crippen LogP contribution in [0.3, 0.4) is 0 Å². The van der Waals surface area contributed by atoms with Gasteiger partial charge in [-0.1, -0.05) is 17.7 Å². The van der Waals surface area contributed by atoms with Crippen LogP contribution in [0.1, 0.15) is 10.4 Å². The normalized spacial score (nSPS) is 14.7. The van der Waals surface area contributed by atoms with Crippen molar-refractivity contribution < 1.29 is 14.3 Å². The molecule has 0 spiro atoms. The fourth-order valence-corrected chi connectivity index (χ4v) is 3.10. The molecule has 0 aliphatic carbocycles. The van der Waals surface area contributed by atoms with E-state index in [0.29, 0.717) is 16.3 Å². The van der Waals surface area contributed by atoms with E-state index >= 15 is 0 Å². The summed E-state index contributed by atoms with van der Waals surface area (Å²) in [7, 11) is 1.31. The molecule has 27 heavy (non-hydrogen) atoms. The summed E-state index contributed by atoms with van der Waals surface area (Å²) in [5.74, 6) is 0.297. The summed E-state index contributed by atoms with van der Waals surface area (Å²) in [5, 5.41) is 3.14. The number of hydrogen-bond acceptors (Lipinski definition) is 6. The molecule has 0 atom stereocenters. The largest absolute Gasteiger partial charge is 0.465 e. The van der Waals surface area contributed by atoms with Gasteiger partial charge in [-0.25, -0.2) is 9.78 Å². The predicted octanol–water partition coefficient (Wildman–Crippen LogP) is 2.28. The average Bonchev–Trinajstić information content (AvgIpc) is 2.70. The number of hydrogen-bond donors (Lipinski definition) is 1. The minimum Gasteiger partial charge on any atom is -0.465 e. The third-order valence-corrected chi connectivity index (χ3v) is 4.70. The van der Waals surface area contributed by atoms with E-state index in [1.54, 1.807) is 18.3 Å². The Balaban J connectivity index is 1.54. The standard InChI is InChI=1S/C19H21ClN4O3/c1-27-19(26)14-5-6-15(20)16(12-14)22-18(25)13-23-8-10-24(11-9-23)17-4-2-3-7-21-17/h2-7,12H,8-11,13H2,1H3,(H,22,25). The van der Waals surface area contributed by atoms with Crippen LogP contribution in [0, 0.1) is 0 Å². The number of amides is 1. The van der Waals surface area contributed by atoms with Crippen LogP contribution in [-0.4, -0.2) is 61.6 Å². The van der Waals surface area contributed by atoms with Crippen LogP contribution in [-0.2, 0) is 9.53 Å². The molecule has 1 aromatic heterocycles. The maximum Gasteiger partial charge on any atom is 0.337 e. The minimum absolute atomic E-state index is 0.176. The van der Waals surface area contributed by atoms with E-state index in [1.165, 1.54) is 13.2 Å². The van der Waals surface area contributed by atoms with Gasteiger partial charge in [0.1, 0.15) is 5.82 Å². The van der Waals surface area contributed by atoms with Gasteiger partial charge in [0.2, 0.25) is 5.91 Å². The molecule has 0 radical (unpaired) electrons. The molecule has 8 heteroatoms. The molecule has 0 saturated carbocycles. The average molecular weight is 389 g/mol. The number of esters is 1. The first-order chi connectivity index (χ1) is 13.1. The van der Waals surface area contributed by atoms with E-state index in [2.05, 4.69) is 20.1 Å². The van der Waals surface area contributed by atoms with Crippen molar-refractivity contribution in [3.8, 4) is 0 Å². The van der Waals surface area contributed by atoms with Crippen LogP contribution in [0.2, 0.25) is 5.02 Å². The van der Waals surface area contributed by atoms with Gasteiger partial charge in [-0.05, 0) is 30.3 Å². The maximum absolute atomic E-state index is 12.4. The van der Waals surface area contributed by atoms with Gasteiger partial charge >= 0.3 is 5.97 Å². The van der Waals surface area contributed by atoms with Crippen molar-refractivity contribution in [1.29, 1.82) is 0 Å². The van der Waals surface area contributed by atoms with E-state index in [0.717, 1.165) is 32.0 Å². The summed E-state index contributed by atoms with van der Waals surface area (Å²) >= 11 is 6.12. The molecular formula is C19H21ClN4O3. The first-order valence-corrected chi connectivity index (χ1v) is 9.00. The molecule has 1 fully saturated rings. The third-order valence-electron chi connectivity index (χ3n) is 4.37. The summed E-state index contributed by atoms with van der Waals surface area (Å²) in [6, 6.07) is 10.5. The van der Waals surface area contributed by atoms with Gasteiger partial charge in [-0.15, -0.1) is 0 Å². The zero-order valence-corrected chi connectivity index (χ0v) is 15.8. The van der Waals surface area contributed by atoms with Crippen molar-refractivity contribution in [2.45, 2.75) is 0 Å². The quantitative estimate of drug-likeness (QED) is 0.792. The van der Waals surface area contributed by atoms with Crippen LogP contribution >= 0.6 is 11.6 Å². The van der Waals surface area contributed by atoms with Crippen LogP contribution in [0.15, 0.2) is 42.6 Å². The Hall–Kier alpha value is -2.64. The van der Waals surface area contributed by atoms with Gasteiger partial charge in [-0.2, -0.15) is 0 Å². The highest BCUT2D eigenvalue weighted by molar-refractivity contribution is 6.33. The van der Waals surface area contributed by atoms with Crippen molar-refractivity contribution in [1.82, 2.24) is 9.88 Å². The lowest BCUT2D eigenvalue weighted by atomic mass is 10.2. The highest BCUT2D eigenvalue weighted by atomic mass is 35.5. The lowest BCUT2D eigenvalue weighted by Crippen LogP contribution is -2.48. The number of aromatic nitrogens is 1. The van der Waals surface area contributed by atoms with Crippen LogP contribution in [0.25, 0.3) is 0 Å². The second kappa shape index (κ2) is 8.83.